The van der Waals surface area contributed by atoms with Crippen molar-refractivity contribution in [3.05, 3.63) is 12.4 Å². The van der Waals surface area contributed by atoms with Crippen LogP contribution >= 0.6 is 0 Å². The first kappa shape index (κ1) is 22.4. The molecule has 0 saturated heterocycles. The molecular formula is C23H46N2. The summed E-state index contributed by atoms with van der Waals surface area (Å²) in [6, 6.07) is 0. The highest BCUT2D eigenvalue weighted by Gasteiger charge is 2.24. The van der Waals surface area contributed by atoms with Crippen LogP contribution in [0, 0.1) is 0 Å². The van der Waals surface area contributed by atoms with Crippen molar-refractivity contribution in [2.24, 2.45) is 0 Å². The molecule has 0 aliphatic carbocycles. The van der Waals surface area contributed by atoms with Crippen LogP contribution in [0.4, 0.5) is 0 Å². The molecule has 1 aliphatic heterocycles. The molecule has 2 nitrogen and oxygen atoms in total. The van der Waals surface area contributed by atoms with Crippen molar-refractivity contribution in [1.82, 2.24) is 9.80 Å². The van der Waals surface area contributed by atoms with Gasteiger partial charge in [-0.05, 0) is 25.7 Å². The lowest BCUT2D eigenvalue weighted by Gasteiger charge is -2.33. The Labute approximate surface area is 159 Å². The zero-order valence-corrected chi connectivity index (χ0v) is 17.6. The molecule has 0 aromatic heterocycles. The molecule has 0 aromatic rings. The van der Waals surface area contributed by atoms with E-state index in [2.05, 4.69) is 43.0 Å². The second-order valence-electron chi connectivity index (χ2n) is 7.93. The van der Waals surface area contributed by atoms with Crippen LogP contribution < -0.4 is 0 Å². The zero-order valence-electron chi connectivity index (χ0n) is 17.6. The highest BCUT2D eigenvalue weighted by Crippen LogP contribution is 2.22. The second kappa shape index (κ2) is 15.6. The second-order valence-corrected chi connectivity index (χ2v) is 7.93. The van der Waals surface area contributed by atoms with Crippen LogP contribution in [-0.4, -0.2) is 29.1 Å². The lowest BCUT2D eigenvalue weighted by atomic mass is 10.1. The number of hydrogen-bond donors (Lipinski definition) is 0. The predicted octanol–water partition coefficient (Wildman–Crippen LogP) is 7.31. The van der Waals surface area contributed by atoms with Crippen LogP contribution in [0.5, 0.6) is 0 Å². The molecule has 0 radical (unpaired) electrons. The van der Waals surface area contributed by atoms with Gasteiger partial charge < -0.3 is 9.80 Å². The summed E-state index contributed by atoms with van der Waals surface area (Å²) in [5, 5.41) is 0. The van der Waals surface area contributed by atoms with Gasteiger partial charge in [-0.3, -0.25) is 0 Å². The van der Waals surface area contributed by atoms with Gasteiger partial charge in [0.25, 0.3) is 0 Å². The molecule has 0 aromatic carbocycles. The fourth-order valence-electron chi connectivity index (χ4n) is 3.96. The average molecular weight is 351 g/mol. The van der Waals surface area contributed by atoms with E-state index < -0.39 is 0 Å². The SMILES string of the molecule is CCCCCCCCCCCCN1C=CN(CCC)C1CCCCC. The van der Waals surface area contributed by atoms with Gasteiger partial charge in [0.15, 0.2) is 0 Å². The average Bonchev–Trinajstić information content (AvgIpc) is 2.99. The first-order chi connectivity index (χ1) is 12.3. The third-order valence-corrected chi connectivity index (χ3v) is 5.53. The van der Waals surface area contributed by atoms with Crippen LogP contribution in [0.25, 0.3) is 0 Å². The van der Waals surface area contributed by atoms with E-state index in [1.807, 2.05) is 0 Å². The highest BCUT2D eigenvalue weighted by molar-refractivity contribution is 4.96. The summed E-state index contributed by atoms with van der Waals surface area (Å²) >= 11 is 0. The summed E-state index contributed by atoms with van der Waals surface area (Å²) in [6.45, 7) is 9.36. The van der Waals surface area contributed by atoms with Crippen molar-refractivity contribution < 1.29 is 0 Å². The monoisotopic (exact) mass is 350 g/mol. The fraction of sp³-hybridized carbons (Fsp3) is 0.913. The van der Waals surface area contributed by atoms with Gasteiger partial charge in [-0.25, -0.2) is 0 Å². The molecular weight excluding hydrogens is 304 g/mol. The molecule has 0 N–H and O–H groups in total. The van der Waals surface area contributed by atoms with Crippen LogP contribution in [0.1, 0.15) is 117 Å². The molecule has 0 amide bonds. The zero-order chi connectivity index (χ0) is 18.2. The Kier molecular flexibility index (Phi) is 14.0. The molecule has 0 bridgehead atoms. The quantitative estimate of drug-likeness (QED) is 0.254. The molecule has 0 saturated carbocycles. The number of rotatable bonds is 17. The minimum atomic E-state index is 0.644. The molecule has 0 fully saturated rings. The van der Waals surface area contributed by atoms with Gasteiger partial charge in [0.2, 0.25) is 0 Å². The van der Waals surface area contributed by atoms with Crippen molar-refractivity contribution in [1.29, 1.82) is 0 Å². The smallest absolute Gasteiger partial charge is 0.101 e. The fourth-order valence-corrected chi connectivity index (χ4v) is 3.96. The summed E-state index contributed by atoms with van der Waals surface area (Å²) in [4.78, 5) is 5.20. The number of hydrogen-bond acceptors (Lipinski definition) is 2. The lowest BCUT2D eigenvalue weighted by Crippen LogP contribution is -2.39. The third-order valence-electron chi connectivity index (χ3n) is 5.53. The molecule has 1 aliphatic rings. The van der Waals surface area contributed by atoms with E-state index in [0.717, 1.165) is 0 Å². The van der Waals surface area contributed by atoms with Crippen molar-refractivity contribution in [3.63, 3.8) is 0 Å². The summed E-state index contributed by atoms with van der Waals surface area (Å²) in [5.74, 6) is 0. The molecule has 25 heavy (non-hydrogen) atoms. The van der Waals surface area contributed by atoms with E-state index in [4.69, 9.17) is 0 Å². The van der Waals surface area contributed by atoms with E-state index in [1.54, 1.807) is 0 Å². The number of nitrogens with zero attached hydrogens (tertiary/aromatic N) is 2. The van der Waals surface area contributed by atoms with Gasteiger partial charge in [-0.1, -0.05) is 91.4 Å². The maximum Gasteiger partial charge on any atom is 0.101 e. The summed E-state index contributed by atoms with van der Waals surface area (Å²) in [6.07, 6.45) is 26.3. The van der Waals surface area contributed by atoms with Gasteiger partial charge >= 0.3 is 0 Å². The molecule has 2 heteroatoms. The Morgan fingerprint density at radius 2 is 1.00 bits per heavy atom. The minimum Gasteiger partial charge on any atom is -0.356 e. The van der Waals surface area contributed by atoms with E-state index in [9.17, 15) is 0 Å². The van der Waals surface area contributed by atoms with E-state index >= 15 is 0 Å². The van der Waals surface area contributed by atoms with Crippen LogP contribution in [0.3, 0.4) is 0 Å². The first-order valence-electron chi connectivity index (χ1n) is 11.5. The summed E-state index contributed by atoms with van der Waals surface area (Å²) in [5.41, 5.74) is 0. The molecule has 1 atom stereocenters. The Bertz CT molecular complexity index is 313. The molecule has 1 rings (SSSR count). The normalized spacial score (nSPS) is 17.0. The summed E-state index contributed by atoms with van der Waals surface area (Å²) in [7, 11) is 0. The molecule has 0 spiro atoms. The van der Waals surface area contributed by atoms with Crippen molar-refractivity contribution in [3.8, 4) is 0 Å². The van der Waals surface area contributed by atoms with Crippen molar-refractivity contribution in [2.45, 2.75) is 123 Å². The minimum absolute atomic E-state index is 0.644. The topological polar surface area (TPSA) is 6.48 Å². The largest absolute Gasteiger partial charge is 0.356 e. The van der Waals surface area contributed by atoms with Gasteiger partial charge in [0.1, 0.15) is 6.17 Å². The van der Waals surface area contributed by atoms with Crippen molar-refractivity contribution >= 4 is 0 Å². The van der Waals surface area contributed by atoms with Gasteiger partial charge in [-0.2, -0.15) is 0 Å². The van der Waals surface area contributed by atoms with E-state index in [-0.39, 0.29) is 0 Å². The lowest BCUT2D eigenvalue weighted by molar-refractivity contribution is 0.137. The standard InChI is InChI=1S/C23H46N2/c1-4-7-9-10-11-12-13-14-15-17-20-25-22-21-24(19-6-3)23(25)18-16-8-5-2/h21-23H,4-20H2,1-3H3. The molecule has 148 valence electrons. The maximum atomic E-state index is 2.62. The van der Waals surface area contributed by atoms with E-state index in [0.29, 0.717) is 6.17 Å². The third kappa shape index (κ3) is 10.2. The maximum absolute atomic E-state index is 2.62. The van der Waals surface area contributed by atoms with Gasteiger partial charge in [-0.15, -0.1) is 0 Å². The van der Waals surface area contributed by atoms with Crippen LogP contribution in [-0.2, 0) is 0 Å². The van der Waals surface area contributed by atoms with Gasteiger partial charge in [0, 0.05) is 25.5 Å². The molecule has 1 heterocycles. The highest BCUT2D eigenvalue weighted by atomic mass is 15.4. The van der Waals surface area contributed by atoms with Crippen LogP contribution in [0.2, 0.25) is 0 Å². The van der Waals surface area contributed by atoms with E-state index in [1.165, 1.54) is 109 Å². The predicted molar refractivity (Wildman–Crippen MR) is 113 cm³/mol. The van der Waals surface area contributed by atoms with Crippen LogP contribution in [0.15, 0.2) is 12.4 Å². The molecule has 1 unspecified atom stereocenters. The Morgan fingerprint density at radius 3 is 1.56 bits per heavy atom. The number of unbranched alkanes of at least 4 members (excludes halogenated alkanes) is 11. The Balaban J connectivity index is 2.10. The first-order valence-corrected chi connectivity index (χ1v) is 11.5. The van der Waals surface area contributed by atoms with Gasteiger partial charge in [0.05, 0.1) is 0 Å². The Hall–Kier alpha value is -0.660. The summed E-state index contributed by atoms with van der Waals surface area (Å²) < 4.78 is 0. The Morgan fingerprint density at radius 1 is 0.520 bits per heavy atom. The van der Waals surface area contributed by atoms with Crippen molar-refractivity contribution in [2.75, 3.05) is 13.1 Å².